The van der Waals surface area contributed by atoms with Gasteiger partial charge in [-0.05, 0) is 18.6 Å². The lowest BCUT2D eigenvalue weighted by molar-refractivity contribution is -0.115. The summed E-state index contributed by atoms with van der Waals surface area (Å²) in [5.74, 6) is 0.182. The summed E-state index contributed by atoms with van der Waals surface area (Å²) >= 11 is 0. The van der Waals surface area contributed by atoms with Crippen molar-refractivity contribution in [2.75, 3.05) is 0 Å². The number of hydrogen-bond acceptors (Lipinski definition) is 3. The molecule has 2 rings (SSSR count). The molecule has 78 valence electrons. The Hall–Kier alpha value is -1.64. The summed E-state index contributed by atoms with van der Waals surface area (Å²) in [6.07, 6.45) is 4.81. The molecule has 15 heavy (non-hydrogen) atoms. The van der Waals surface area contributed by atoms with Gasteiger partial charge in [0.05, 0.1) is 11.7 Å². The molecule has 0 bridgehead atoms. The van der Waals surface area contributed by atoms with Crippen molar-refractivity contribution in [1.82, 2.24) is 10.3 Å². The molecular formula is C12H14N2O. The van der Waals surface area contributed by atoms with Gasteiger partial charge in [-0.2, -0.15) is 0 Å². The lowest BCUT2D eigenvalue weighted by Gasteiger charge is -2.23. The summed E-state index contributed by atoms with van der Waals surface area (Å²) in [7, 11) is 0. The van der Waals surface area contributed by atoms with Crippen LogP contribution < -0.4 is 5.32 Å². The van der Waals surface area contributed by atoms with E-state index in [4.69, 9.17) is 0 Å². The van der Waals surface area contributed by atoms with Crippen LogP contribution in [0.2, 0.25) is 0 Å². The molecule has 0 saturated carbocycles. The lowest BCUT2D eigenvalue weighted by atomic mass is 10.0. The van der Waals surface area contributed by atoms with E-state index in [0.717, 1.165) is 17.8 Å². The number of nitrogens with zero attached hydrogens (tertiary/aromatic N) is 1. The van der Waals surface area contributed by atoms with E-state index >= 15 is 0 Å². The van der Waals surface area contributed by atoms with Crippen molar-refractivity contribution in [3.8, 4) is 0 Å². The van der Waals surface area contributed by atoms with Crippen molar-refractivity contribution in [1.29, 1.82) is 0 Å². The maximum Gasteiger partial charge on any atom is 0.159 e. The van der Waals surface area contributed by atoms with Crippen LogP contribution in [0.5, 0.6) is 0 Å². The lowest BCUT2D eigenvalue weighted by Crippen LogP contribution is -2.28. The van der Waals surface area contributed by atoms with E-state index in [1.165, 1.54) is 0 Å². The van der Waals surface area contributed by atoms with Crippen LogP contribution in [0.3, 0.4) is 0 Å². The zero-order valence-corrected chi connectivity index (χ0v) is 8.73. The maximum absolute atomic E-state index is 11.5. The first-order chi connectivity index (χ1) is 7.29. The molecule has 3 heteroatoms. The van der Waals surface area contributed by atoms with Crippen LogP contribution in [-0.4, -0.2) is 10.8 Å². The summed E-state index contributed by atoms with van der Waals surface area (Å²) in [4.78, 5) is 15.7. The third-order valence-corrected chi connectivity index (χ3v) is 2.53. The first kappa shape index (κ1) is 9.90. The van der Waals surface area contributed by atoms with Crippen molar-refractivity contribution in [3.05, 3.63) is 41.9 Å². The number of pyridine rings is 1. The van der Waals surface area contributed by atoms with Gasteiger partial charge >= 0.3 is 0 Å². The Morgan fingerprint density at radius 2 is 2.40 bits per heavy atom. The minimum Gasteiger partial charge on any atom is -0.379 e. The van der Waals surface area contributed by atoms with Crippen LogP contribution in [-0.2, 0) is 4.79 Å². The molecule has 0 saturated heterocycles. The van der Waals surface area contributed by atoms with E-state index in [2.05, 4.69) is 10.3 Å². The van der Waals surface area contributed by atoms with Gasteiger partial charge in [0.2, 0.25) is 0 Å². The average Bonchev–Trinajstić information content (AvgIpc) is 2.29. The van der Waals surface area contributed by atoms with Gasteiger partial charge in [-0.15, -0.1) is 0 Å². The molecule has 0 radical (unpaired) electrons. The van der Waals surface area contributed by atoms with Gasteiger partial charge in [0.1, 0.15) is 0 Å². The third-order valence-electron chi connectivity index (χ3n) is 2.53. The number of nitrogens with one attached hydrogen (secondary N) is 1. The number of hydrogen-bond donors (Lipinski definition) is 1. The zero-order valence-electron chi connectivity index (χ0n) is 8.73. The average molecular weight is 202 g/mol. The van der Waals surface area contributed by atoms with Crippen molar-refractivity contribution < 1.29 is 4.79 Å². The molecule has 1 aliphatic heterocycles. The van der Waals surface area contributed by atoms with Crippen LogP contribution in [0.1, 0.15) is 31.5 Å². The second-order valence-corrected chi connectivity index (χ2v) is 3.65. The second kappa shape index (κ2) is 4.26. The predicted molar refractivity (Wildman–Crippen MR) is 58.1 cm³/mol. The van der Waals surface area contributed by atoms with Gasteiger partial charge in [-0.1, -0.05) is 13.0 Å². The number of rotatable bonds is 2. The fraction of sp³-hybridized carbons (Fsp3) is 0.333. The van der Waals surface area contributed by atoms with Crippen LogP contribution in [0, 0.1) is 0 Å². The minimum absolute atomic E-state index is 0.0404. The number of aromatic nitrogens is 1. The summed E-state index contributed by atoms with van der Waals surface area (Å²) in [5, 5.41) is 3.33. The molecule has 0 amide bonds. The van der Waals surface area contributed by atoms with Crippen LogP contribution >= 0.6 is 0 Å². The number of ketones is 1. The minimum atomic E-state index is 0.0404. The normalized spacial score (nSPS) is 20.7. The molecular weight excluding hydrogens is 188 g/mol. The largest absolute Gasteiger partial charge is 0.379 e. The van der Waals surface area contributed by atoms with Gasteiger partial charge in [-0.3, -0.25) is 9.78 Å². The SMILES string of the molecule is CCC1=CC(=O)CC(c2ccccn2)N1. The van der Waals surface area contributed by atoms with E-state index in [9.17, 15) is 4.79 Å². The van der Waals surface area contributed by atoms with Gasteiger partial charge in [-0.25, -0.2) is 0 Å². The third kappa shape index (κ3) is 2.24. The first-order valence-electron chi connectivity index (χ1n) is 5.20. The smallest absolute Gasteiger partial charge is 0.159 e. The van der Waals surface area contributed by atoms with Crippen LogP contribution in [0.4, 0.5) is 0 Å². The Kier molecular flexibility index (Phi) is 2.81. The van der Waals surface area contributed by atoms with Crippen LogP contribution in [0.25, 0.3) is 0 Å². The van der Waals surface area contributed by atoms with Crippen molar-refractivity contribution in [2.24, 2.45) is 0 Å². The molecule has 1 unspecified atom stereocenters. The molecule has 0 spiro atoms. The monoisotopic (exact) mass is 202 g/mol. The van der Waals surface area contributed by atoms with E-state index in [1.54, 1.807) is 12.3 Å². The molecule has 3 nitrogen and oxygen atoms in total. The van der Waals surface area contributed by atoms with E-state index < -0.39 is 0 Å². The standard InChI is InChI=1S/C12H14N2O/c1-2-9-7-10(15)8-12(14-9)11-5-3-4-6-13-11/h3-7,12,14H,2,8H2,1H3. The summed E-state index contributed by atoms with van der Waals surface area (Å²) in [5.41, 5.74) is 1.94. The summed E-state index contributed by atoms with van der Waals surface area (Å²) in [6.45, 7) is 2.03. The van der Waals surface area contributed by atoms with Gasteiger partial charge in [0, 0.05) is 24.4 Å². The van der Waals surface area contributed by atoms with E-state index in [0.29, 0.717) is 6.42 Å². The Balaban J connectivity index is 2.20. The topological polar surface area (TPSA) is 42.0 Å². The summed E-state index contributed by atoms with van der Waals surface area (Å²) < 4.78 is 0. The van der Waals surface area contributed by atoms with Crippen LogP contribution in [0.15, 0.2) is 36.2 Å². The molecule has 0 aliphatic carbocycles. The second-order valence-electron chi connectivity index (χ2n) is 3.65. The van der Waals surface area contributed by atoms with Gasteiger partial charge < -0.3 is 5.32 Å². The molecule has 1 atom stereocenters. The van der Waals surface area contributed by atoms with Gasteiger partial charge in [0.25, 0.3) is 0 Å². The summed E-state index contributed by atoms with van der Waals surface area (Å²) in [6, 6.07) is 5.81. The van der Waals surface area contributed by atoms with E-state index in [1.807, 2.05) is 25.1 Å². The highest BCUT2D eigenvalue weighted by Gasteiger charge is 2.20. The first-order valence-corrected chi connectivity index (χ1v) is 5.20. The number of carbonyl (C=O) groups excluding carboxylic acids is 1. The Morgan fingerprint density at radius 3 is 3.07 bits per heavy atom. The number of allylic oxidation sites excluding steroid dienone is 2. The van der Waals surface area contributed by atoms with Crippen molar-refractivity contribution >= 4 is 5.78 Å². The Morgan fingerprint density at radius 1 is 1.53 bits per heavy atom. The Labute approximate surface area is 89.2 Å². The predicted octanol–water partition coefficient (Wildman–Crippen LogP) is 1.98. The fourth-order valence-corrected chi connectivity index (χ4v) is 1.74. The molecule has 1 aliphatic rings. The maximum atomic E-state index is 11.5. The highest BCUT2D eigenvalue weighted by atomic mass is 16.1. The van der Waals surface area contributed by atoms with Crippen molar-refractivity contribution in [3.63, 3.8) is 0 Å². The fourth-order valence-electron chi connectivity index (χ4n) is 1.74. The highest BCUT2D eigenvalue weighted by Crippen LogP contribution is 2.21. The van der Waals surface area contributed by atoms with E-state index in [-0.39, 0.29) is 11.8 Å². The molecule has 1 N–H and O–H groups in total. The molecule has 1 aromatic heterocycles. The molecule has 0 aromatic carbocycles. The van der Waals surface area contributed by atoms with Crippen molar-refractivity contribution in [2.45, 2.75) is 25.8 Å². The zero-order chi connectivity index (χ0) is 10.7. The molecule has 0 fully saturated rings. The number of carbonyl (C=O) groups is 1. The van der Waals surface area contributed by atoms with Gasteiger partial charge in [0.15, 0.2) is 5.78 Å². The molecule has 2 heterocycles. The quantitative estimate of drug-likeness (QED) is 0.797. The highest BCUT2D eigenvalue weighted by molar-refractivity contribution is 5.91. The Bertz CT molecular complexity index is 384. The molecule has 1 aromatic rings.